The summed E-state index contributed by atoms with van der Waals surface area (Å²) in [6, 6.07) is 12.1. The molecule has 0 spiro atoms. The largest absolute Gasteiger partial charge is 0.224 e. The van der Waals surface area contributed by atoms with E-state index in [9.17, 15) is 0 Å². The highest BCUT2D eigenvalue weighted by Crippen LogP contribution is 2.42. The van der Waals surface area contributed by atoms with E-state index >= 15 is 0 Å². The summed E-state index contributed by atoms with van der Waals surface area (Å²) in [4.78, 5) is 19.9. The third kappa shape index (κ3) is 5.52. The van der Waals surface area contributed by atoms with Crippen molar-refractivity contribution < 1.29 is 0 Å². The van der Waals surface area contributed by atoms with Gasteiger partial charge in [0.1, 0.15) is 27.2 Å². The molecule has 0 aliphatic rings. The zero-order valence-corrected chi connectivity index (χ0v) is 29.7. The van der Waals surface area contributed by atoms with Crippen LogP contribution < -0.4 is 0 Å². The van der Waals surface area contributed by atoms with Crippen molar-refractivity contribution in [1.82, 2.24) is 19.9 Å². The highest BCUT2D eigenvalue weighted by Gasteiger charge is 2.42. The summed E-state index contributed by atoms with van der Waals surface area (Å²) >= 11 is 0. The maximum atomic E-state index is 5.09. The van der Waals surface area contributed by atoms with Crippen molar-refractivity contribution in [2.75, 3.05) is 0 Å². The predicted molar refractivity (Wildman–Crippen MR) is 186 cm³/mol. The summed E-state index contributed by atoms with van der Waals surface area (Å²) in [5.41, 5.74) is 17.1. The van der Waals surface area contributed by atoms with Gasteiger partial charge in [0.05, 0.1) is 22.2 Å². The van der Waals surface area contributed by atoms with E-state index in [1.165, 1.54) is 0 Å². The van der Waals surface area contributed by atoms with E-state index in [4.69, 9.17) is 19.9 Å². The lowest BCUT2D eigenvalue weighted by Gasteiger charge is -2.38. The molecule has 2 aromatic carbocycles. The first kappa shape index (κ1) is 31.9. The van der Waals surface area contributed by atoms with Crippen LogP contribution in [0.5, 0.6) is 0 Å². The normalized spacial score (nSPS) is 12.7. The standard InChI is InChI=1S/C36H48N4Si2/c1-23(2)41(24(3)4,25(5)6)21-19-29-17-18-30(20-22-42(26(7)8,27(9)10)28(11)12)34-33(29)39-35-36(40-34)38-32-16-14-13-15-31(32)37-35/h13-18,23-28H,1-12H3. The first-order chi connectivity index (χ1) is 19.7. The molecule has 6 heteroatoms. The van der Waals surface area contributed by atoms with Crippen LogP contribution >= 0.6 is 0 Å². The third-order valence-corrected chi connectivity index (χ3v) is 22.3. The van der Waals surface area contributed by atoms with Crippen LogP contribution in [-0.2, 0) is 0 Å². The minimum atomic E-state index is -1.94. The molecule has 0 aliphatic heterocycles. The second-order valence-corrected chi connectivity index (χ2v) is 24.9. The Kier molecular flexibility index (Phi) is 9.31. The van der Waals surface area contributed by atoms with Crippen LogP contribution in [0, 0.1) is 22.9 Å². The molecule has 0 bridgehead atoms. The van der Waals surface area contributed by atoms with Crippen LogP contribution in [0.15, 0.2) is 36.4 Å². The van der Waals surface area contributed by atoms with Gasteiger partial charge in [0, 0.05) is 0 Å². The van der Waals surface area contributed by atoms with Gasteiger partial charge in [-0.1, -0.05) is 107 Å². The number of rotatable bonds is 6. The Morgan fingerprint density at radius 3 is 1.05 bits per heavy atom. The summed E-state index contributed by atoms with van der Waals surface area (Å²) in [6.07, 6.45) is 0. The van der Waals surface area contributed by atoms with Crippen LogP contribution in [0.3, 0.4) is 0 Å². The Hall–Kier alpha value is -3.07. The minimum absolute atomic E-state index is 0.546. The van der Waals surface area contributed by atoms with Crippen molar-refractivity contribution in [1.29, 1.82) is 0 Å². The van der Waals surface area contributed by atoms with E-state index < -0.39 is 16.1 Å². The second kappa shape index (κ2) is 12.3. The molecule has 0 amide bonds. The van der Waals surface area contributed by atoms with E-state index in [0.29, 0.717) is 44.5 Å². The zero-order chi connectivity index (χ0) is 31.0. The van der Waals surface area contributed by atoms with Gasteiger partial charge in [0.25, 0.3) is 0 Å². The van der Waals surface area contributed by atoms with Gasteiger partial charge in [-0.3, -0.25) is 0 Å². The zero-order valence-electron chi connectivity index (χ0n) is 27.7. The fraction of sp³-hybridized carbons (Fsp3) is 0.500. The van der Waals surface area contributed by atoms with Crippen molar-refractivity contribution in [3.63, 3.8) is 0 Å². The highest BCUT2D eigenvalue weighted by atomic mass is 28.3. The molecule has 0 saturated heterocycles. The van der Waals surface area contributed by atoms with Crippen molar-refractivity contribution in [3.05, 3.63) is 47.5 Å². The SMILES string of the molecule is CC(C)[Si](C#Cc1ccc(C#C[Si](C(C)C)(C(C)C)C(C)C)c2nc3nc4ccccc4nc3nc12)(C(C)C)C(C)C. The minimum Gasteiger partial charge on any atom is -0.224 e. The number of para-hydroxylation sites is 2. The van der Waals surface area contributed by atoms with Crippen molar-refractivity contribution in [2.24, 2.45) is 0 Å². The van der Waals surface area contributed by atoms with Gasteiger partial charge in [-0.05, 0) is 57.5 Å². The number of hydrogen-bond donors (Lipinski definition) is 0. The molecule has 2 heterocycles. The molecule has 0 aliphatic carbocycles. The van der Waals surface area contributed by atoms with Crippen LogP contribution in [0.25, 0.3) is 33.4 Å². The number of benzene rings is 2. The van der Waals surface area contributed by atoms with Crippen molar-refractivity contribution in [3.8, 4) is 22.9 Å². The lowest BCUT2D eigenvalue weighted by Crippen LogP contribution is -2.43. The van der Waals surface area contributed by atoms with E-state index in [1.807, 2.05) is 24.3 Å². The van der Waals surface area contributed by atoms with Gasteiger partial charge >= 0.3 is 0 Å². The van der Waals surface area contributed by atoms with Crippen LogP contribution in [0.1, 0.15) is 94.2 Å². The highest BCUT2D eigenvalue weighted by molar-refractivity contribution is 6.91. The molecule has 0 saturated carbocycles. The predicted octanol–water partition coefficient (Wildman–Crippen LogP) is 9.87. The average molecular weight is 593 g/mol. The van der Waals surface area contributed by atoms with Crippen LogP contribution in [0.4, 0.5) is 0 Å². The summed E-state index contributed by atoms with van der Waals surface area (Å²) in [5, 5.41) is 0. The fourth-order valence-corrected chi connectivity index (χ4v) is 18.0. The summed E-state index contributed by atoms with van der Waals surface area (Å²) < 4.78 is 0. The molecule has 0 fully saturated rings. The Bertz CT molecular complexity index is 1560. The first-order valence-corrected chi connectivity index (χ1v) is 20.2. The lowest BCUT2D eigenvalue weighted by atomic mass is 10.1. The van der Waals surface area contributed by atoms with E-state index in [2.05, 4.69) is 118 Å². The topological polar surface area (TPSA) is 51.6 Å². The van der Waals surface area contributed by atoms with Gasteiger partial charge in [-0.2, -0.15) is 0 Å². The van der Waals surface area contributed by atoms with E-state index in [-0.39, 0.29) is 0 Å². The van der Waals surface area contributed by atoms with Crippen LogP contribution in [-0.4, -0.2) is 36.1 Å². The van der Waals surface area contributed by atoms with Gasteiger partial charge in [0.15, 0.2) is 11.3 Å². The molecule has 0 radical (unpaired) electrons. The van der Waals surface area contributed by atoms with Gasteiger partial charge in [-0.25, -0.2) is 19.9 Å². The molecular formula is C36H48N4Si2. The summed E-state index contributed by atoms with van der Waals surface area (Å²) in [7, 11) is -3.88. The molecule has 2 aromatic heterocycles. The quantitative estimate of drug-likeness (QED) is 0.127. The van der Waals surface area contributed by atoms with Gasteiger partial charge in [-0.15, -0.1) is 11.1 Å². The molecule has 0 atom stereocenters. The second-order valence-electron chi connectivity index (χ2n) is 13.7. The number of aromatic nitrogens is 4. The third-order valence-electron chi connectivity index (χ3n) is 9.68. The van der Waals surface area contributed by atoms with Gasteiger partial charge in [0.2, 0.25) is 0 Å². The maximum absolute atomic E-state index is 5.09. The fourth-order valence-electron chi connectivity index (χ4n) is 7.57. The molecule has 42 heavy (non-hydrogen) atoms. The van der Waals surface area contributed by atoms with Gasteiger partial charge < -0.3 is 0 Å². The van der Waals surface area contributed by atoms with E-state index in [0.717, 1.165) is 33.2 Å². The van der Waals surface area contributed by atoms with Crippen molar-refractivity contribution >= 4 is 49.5 Å². The molecule has 0 N–H and O–H groups in total. The Morgan fingerprint density at radius 2 is 0.762 bits per heavy atom. The average Bonchev–Trinajstić information content (AvgIpc) is 2.91. The molecule has 4 rings (SSSR count). The molecule has 4 nitrogen and oxygen atoms in total. The Labute approximate surface area is 255 Å². The molecule has 0 unspecified atom stereocenters. The smallest absolute Gasteiger partial charge is 0.199 e. The number of hydrogen-bond acceptors (Lipinski definition) is 4. The summed E-state index contributed by atoms with van der Waals surface area (Å²) in [5.74, 6) is 7.30. The number of nitrogens with zero attached hydrogens (tertiary/aromatic N) is 4. The lowest BCUT2D eigenvalue weighted by molar-refractivity contribution is 0.838. The Balaban J connectivity index is 2.06. The summed E-state index contributed by atoms with van der Waals surface area (Å²) in [6.45, 7) is 28.2. The maximum Gasteiger partial charge on any atom is 0.199 e. The molecule has 220 valence electrons. The van der Waals surface area contributed by atoms with Crippen molar-refractivity contribution in [2.45, 2.75) is 116 Å². The monoisotopic (exact) mass is 592 g/mol. The molecule has 4 aromatic rings. The first-order valence-electron chi connectivity index (χ1n) is 15.7. The van der Waals surface area contributed by atoms with E-state index in [1.54, 1.807) is 0 Å². The Morgan fingerprint density at radius 1 is 0.452 bits per heavy atom. The molecular weight excluding hydrogens is 545 g/mol. The van der Waals surface area contributed by atoms with Crippen LogP contribution in [0.2, 0.25) is 33.2 Å². The number of fused-ring (bicyclic) bond motifs is 3.